The Bertz CT molecular complexity index is 793. The molecule has 22 heavy (non-hydrogen) atoms. The van der Waals surface area contributed by atoms with Crippen LogP contribution in [-0.4, -0.2) is 40.2 Å². The first-order chi connectivity index (χ1) is 10.5. The van der Waals surface area contributed by atoms with E-state index in [9.17, 15) is 14.4 Å². The van der Waals surface area contributed by atoms with Crippen molar-refractivity contribution in [1.29, 1.82) is 0 Å². The third-order valence-electron chi connectivity index (χ3n) is 4.03. The van der Waals surface area contributed by atoms with Crippen molar-refractivity contribution >= 4 is 22.9 Å². The van der Waals surface area contributed by atoms with Gasteiger partial charge in [-0.25, -0.2) is 4.98 Å². The number of aromatic amines is 2. The molecule has 2 aromatic rings. The number of carbonyl (C=O) groups excluding carboxylic acids is 2. The minimum Gasteiger partial charge on any atom is -0.469 e. The van der Waals surface area contributed by atoms with Gasteiger partial charge in [-0.3, -0.25) is 24.6 Å². The van der Waals surface area contributed by atoms with E-state index in [1.54, 1.807) is 0 Å². The second kappa shape index (κ2) is 5.28. The Balaban J connectivity index is 1.69. The number of rotatable bonds is 4. The zero-order chi connectivity index (χ0) is 15.9. The number of esters is 1. The number of ether oxygens (including phenoxy) is 1. The lowest BCUT2D eigenvalue weighted by Crippen LogP contribution is -2.35. The van der Waals surface area contributed by atoms with Crippen LogP contribution < -0.4 is 10.9 Å². The van der Waals surface area contributed by atoms with Crippen molar-refractivity contribution in [3.05, 3.63) is 28.2 Å². The third kappa shape index (κ3) is 2.47. The monoisotopic (exact) mass is 304 g/mol. The molecule has 3 N–H and O–H groups in total. The van der Waals surface area contributed by atoms with Crippen LogP contribution in [0.25, 0.3) is 11.0 Å². The number of aromatic nitrogens is 3. The number of nitrogens with zero attached hydrogens (tertiary/aromatic N) is 1. The molecule has 116 valence electrons. The largest absolute Gasteiger partial charge is 0.469 e. The minimum atomic E-state index is -0.321. The number of methoxy groups -OCH3 is 1. The fourth-order valence-corrected chi connectivity index (χ4v) is 2.63. The molecule has 0 saturated heterocycles. The molecular formula is C14H16N4O4. The molecule has 1 unspecified atom stereocenters. The maximum Gasteiger partial charge on any atom is 0.309 e. The van der Waals surface area contributed by atoms with E-state index >= 15 is 0 Å². The summed E-state index contributed by atoms with van der Waals surface area (Å²) in [6.45, 7) is 1.85. The molecule has 2 heterocycles. The van der Waals surface area contributed by atoms with Gasteiger partial charge in [-0.05, 0) is 25.3 Å². The highest BCUT2D eigenvalue weighted by atomic mass is 16.5. The van der Waals surface area contributed by atoms with Crippen molar-refractivity contribution in [3.8, 4) is 0 Å². The average molecular weight is 304 g/mol. The topological polar surface area (TPSA) is 117 Å². The van der Waals surface area contributed by atoms with Crippen LogP contribution in [0.4, 0.5) is 0 Å². The Morgan fingerprint density at radius 1 is 1.45 bits per heavy atom. The molecule has 0 radical (unpaired) electrons. The highest BCUT2D eigenvalue weighted by molar-refractivity contribution is 5.96. The van der Waals surface area contributed by atoms with E-state index in [4.69, 9.17) is 4.74 Å². The lowest BCUT2D eigenvalue weighted by Gasteiger charge is -2.13. The Labute approximate surface area is 125 Å². The lowest BCUT2D eigenvalue weighted by atomic mass is 10.1. The number of hydrogen-bond acceptors (Lipinski definition) is 5. The van der Waals surface area contributed by atoms with E-state index in [-0.39, 0.29) is 35.3 Å². The molecule has 1 fully saturated rings. The van der Waals surface area contributed by atoms with E-state index in [0.29, 0.717) is 23.0 Å². The van der Waals surface area contributed by atoms with Crippen molar-refractivity contribution < 1.29 is 14.3 Å². The summed E-state index contributed by atoms with van der Waals surface area (Å²) in [6.07, 6.45) is 2.11. The highest BCUT2D eigenvalue weighted by Crippen LogP contribution is 2.42. The summed E-state index contributed by atoms with van der Waals surface area (Å²) < 4.78 is 4.69. The molecular weight excluding hydrogens is 288 g/mol. The van der Waals surface area contributed by atoms with Gasteiger partial charge in [0.15, 0.2) is 5.65 Å². The predicted molar refractivity (Wildman–Crippen MR) is 77.3 cm³/mol. The highest BCUT2D eigenvalue weighted by Gasteiger charge is 2.47. The number of amides is 1. The zero-order valence-electron chi connectivity index (χ0n) is 12.2. The first kappa shape index (κ1) is 14.3. The maximum absolute atomic E-state index is 12.2. The van der Waals surface area contributed by atoms with Crippen molar-refractivity contribution in [2.75, 3.05) is 7.11 Å². The van der Waals surface area contributed by atoms with Crippen LogP contribution in [0, 0.1) is 11.8 Å². The minimum absolute atomic E-state index is 0.0868. The SMILES string of the molecule is COC(=O)[C@@H]1C[C@H]1C(C)NC(=O)c1cnc2[nH][nH]c(=O)c2c1. The summed E-state index contributed by atoms with van der Waals surface area (Å²) >= 11 is 0. The van der Waals surface area contributed by atoms with Gasteiger partial charge in [0, 0.05) is 12.2 Å². The molecule has 0 aliphatic heterocycles. The summed E-state index contributed by atoms with van der Waals surface area (Å²) in [5.41, 5.74) is 0.389. The van der Waals surface area contributed by atoms with Gasteiger partial charge in [-0.15, -0.1) is 0 Å². The van der Waals surface area contributed by atoms with Crippen LogP contribution >= 0.6 is 0 Å². The average Bonchev–Trinajstić information content (AvgIpc) is 3.25. The van der Waals surface area contributed by atoms with E-state index in [0.717, 1.165) is 0 Å². The Kier molecular flexibility index (Phi) is 3.44. The normalized spacial score (nSPS) is 21.4. The summed E-state index contributed by atoms with van der Waals surface area (Å²) in [4.78, 5) is 39.2. The van der Waals surface area contributed by atoms with Crippen molar-refractivity contribution in [2.24, 2.45) is 11.8 Å². The second-order valence-electron chi connectivity index (χ2n) is 5.49. The number of carbonyl (C=O) groups is 2. The number of fused-ring (bicyclic) bond motifs is 1. The van der Waals surface area contributed by atoms with Gasteiger partial charge in [-0.1, -0.05) is 0 Å². The van der Waals surface area contributed by atoms with Crippen LogP contribution in [0.2, 0.25) is 0 Å². The molecule has 1 saturated carbocycles. The zero-order valence-corrected chi connectivity index (χ0v) is 12.2. The van der Waals surface area contributed by atoms with Crippen LogP contribution in [0.15, 0.2) is 17.1 Å². The van der Waals surface area contributed by atoms with Gasteiger partial charge in [0.2, 0.25) is 0 Å². The molecule has 0 aromatic carbocycles. The van der Waals surface area contributed by atoms with Crippen molar-refractivity contribution in [1.82, 2.24) is 20.5 Å². The summed E-state index contributed by atoms with van der Waals surface area (Å²) in [7, 11) is 1.36. The molecule has 0 spiro atoms. The van der Waals surface area contributed by atoms with E-state index in [1.165, 1.54) is 19.4 Å². The Morgan fingerprint density at radius 2 is 2.23 bits per heavy atom. The van der Waals surface area contributed by atoms with E-state index < -0.39 is 0 Å². The molecule has 1 aliphatic carbocycles. The number of nitrogens with one attached hydrogen (secondary N) is 3. The fraction of sp³-hybridized carbons (Fsp3) is 0.429. The molecule has 3 rings (SSSR count). The van der Waals surface area contributed by atoms with Gasteiger partial charge in [0.25, 0.3) is 11.5 Å². The van der Waals surface area contributed by atoms with Crippen molar-refractivity contribution in [2.45, 2.75) is 19.4 Å². The fourth-order valence-electron chi connectivity index (χ4n) is 2.63. The van der Waals surface area contributed by atoms with Gasteiger partial charge in [-0.2, -0.15) is 0 Å². The maximum atomic E-state index is 12.2. The molecule has 1 amide bonds. The van der Waals surface area contributed by atoms with Gasteiger partial charge < -0.3 is 10.1 Å². The quantitative estimate of drug-likeness (QED) is 0.697. The Hall–Kier alpha value is -2.64. The van der Waals surface area contributed by atoms with Crippen molar-refractivity contribution in [3.63, 3.8) is 0 Å². The summed E-state index contributed by atoms with van der Waals surface area (Å²) in [5.74, 6) is -0.622. The number of H-pyrrole nitrogens is 2. The lowest BCUT2D eigenvalue weighted by molar-refractivity contribution is -0.142. The summed E-state index contributed by atoms with van der Waals surface area (Å²) in [6, 6.07) is 1.33. The van der Waals surface area contributed by atoms with Gasteiger partial charge in [0.1, 0.15) is 0 Å². The Morgan fingerprint density at radius 3 is 2.95 bits per heavy atom. The first-order valence-electron chi connectivity index (χ1n) is 6.96. The second-order valence-corrected chi connectivity index (χ2v) is 5.49. The predicted octanol–water partition coefficient (Wildman–Crippen LogP) is 0.179. The van der Waals surface area contributed by atoms with Crippen LogP contribution in [-0.2, 0) is 9.53 Å². The molecule has 0 bridgehead atoms. The molecule has 8 nitrogen and oxygen atoms in total. The van der Waals surface area contributed by atoms with E-state index in [1.807, 2.05) is 6.92 Å². The van der Waals surface area contributed by atoms with Crippen LogP contribution in [0.1, 0.15) is 23.7 Å². The smallest absolute Gasteiger partial charge is 0.309 e. The standard InChI is InChI=1S/C14H16N4O4/c1-6(8-4-9(8)14(21)22-2)16-12(19)7-3-10-11(15-5-7)17-18-13(10)20/h3,5-6,8-9H,4H2,1-2H3,(H,16,19)(H2,15,17,18,20)/t6?,8-,9+/m0/s1. The van der Waals surface area contributed by atoms with Gasteiger partial charge >= 0.3 is 5.97 Å². The third-order valence-corrected chi connectivity index (χ3v) is 4.03. The first-order valence-corrected chi connectivity index (χ1v) is 6.96. The van der Waals surface area contributed by atoms with Crippen LogP contribution in [0.5, 0.6) is 0 Å². The molecule has 2 aromatic heterocycles. The van der Waals surface area contributed by atoms with E-state index in [2.05, 4.69) is 20.5 Å². The number of pyridine rings is 1. The number of hydrogen-bond donors (Lipinski definition) is 3. The summed E-state index contributed by atoms with van der Waals surface area (Å²) in [5, 5.41) is 8.19. The molecule has 1 aliphatic rings. The van der Waals surface area contributed by atoms with Gasteiger partial charge in [0.05, 0.1) is 24.0 Å². The molecule has 3 atom stereocenters. The van der Waals surface area contributed by atoms with Crippen LogP contribution in [0.3, 0.4) is 0 Å². The molecule has 8 heteroatoms.